The highest BCUT2D eigenvalue weighted by atomic mass is 79.9. The summed E-state index contributed by atoms with van der Waals surface area (Å²) in [6, 6.07) is 4.92. The summed E-state index contributed by atoms with van der Waals surface area (Å²) in [6.45, 7) is 4.13. The molecule has 1 aromatic carbocycles. The zero-order chi connectivity index (χ0) is 10.1. The Bertz CT molecular complexity index is 308. The maximum absolute atomic E-state index is 9.29. The van der Waals surface area contributed by atoms with Crippen molar-refractivity contribution in [3.63, 3.8) is 0 Å². The highest BCUT2D eigenvalue weighted by Gasteiger charge is 2.19. The van der Waals surface area contributed by atoms with E-state index >= 15 is 0 Å². The van der Waals surface area contributed by atoms with Gasteiger partial charge in [-0.2, -0.15) is 0 Å². The van der Waals surface area contributed by atoms with E-state index < -0.39 is 0 Å². The minimum Gasteiger partial charge on any atom is -0.504 e. The number of phenols is 2. The molecule has 1 rings (SSSR count). The van der Waals surface area contributed by atoms with Gasteiger partial charge in [0, 0.05) is 5.33 Å². The summed E-state index contributed by atoms with van der Waals surface area (Å²) in [5.41, 5.74) is 0.963. The highest BCUT2D eigenvalue weighted by molar-refractivity contribution is 9.09. The number of alkyl halides is 1. The van der Waals surface area contributed by atoms with Gasteiger partial charge in [-0.05, 0) is 23.1 Å². The second kappa shape index (κ2) is 3.58. The van der Waals surface area contributed by atoms with Crippen LogP contribution in [0.1, 0.15) is 19.4 Å². The largest absolute Gasteiger partial charge is 0.504 e. The molecule has 0 aliphatic heterocycles. The third kappa shape index (κ3) is 2.15. The van der Waals surface area contributed by atoms with E-state index in [1.807, 2.05) is 6.07 Å². The summed E-state index contributed by atoms with van der Waals surface area (Å²) in [4.78, 5) is 0. The lowest BCUT2D eigenvalue weighted by atomic mass is 9.87. The lowest BCUT2D eigenvalue weighted by Gasteiger charge is -2.22. The van der Waals surface area contributed by atoms with Crippen LogP contribution in [0, 0.1) is 0 Å². The Balaban J connectivity index is 3.10. The number of benzene rings is 1. The Morgan fingerprint density at radius 2 is 1.85 bits per heavy atom. The maximum Gasteiger partial charge on any atom is 0.157 e. The molecule has 72 valence electrons. The number of hydrogen-bond donors (Lipinski definition) is 2. The number of rotatable bonds is 2. The van der Waals surface area contributed by atoms with E-state index in [-0.39, 0.29) is 16.9 Å². The van der Waals surface area contributed by atoms with Crippen LogP contribution in [0.5, 0.6) is 11.5 Å². The van der Waals surface area contributed by atoms with Crippen LogP contribution in [0.15, 0.2) is 18.2 Å². The predicted molar refractivity (Wildman–Crippen MR) is 56.6 cm³/mol. The first-order valence-electron chi connectivity index (χ1n) is 4.06. The van der Waals surface area contributed by atoms with Gasteiger partial charge < -0.3 is 10.2 Å². The van der Waals surface area contributed by atoms with Gasteiger partial charge in [0.1, 0.15) is 0 Å². The smallest absolute Gasteiger partial charge is 0.157 e. The van der Waals surface area contributed by atoms with Crippen molar-refractivity contribution >= 4 is 15.9 Å². The summed E-state index contributed by atoms with van der Waals surface area (Å²) < 4.78 is 0. The Morgan fingerprint density at radius 3 is 2.31 bits per heavy atom. The van der Waals surface area contributed by atoms with Gasteiger partial charge in [-0.3, -0.25) is 0 Å². The van der Waals surface area contributed by atoms with Crippen molar-refractivity contribution < 1.29 is 10.2 Å². The number of aromatic hydroxyl groups is 2. The van der Waals surface area contributed by atoms with Crippen LogP contribution < -0.4 is 0 Å². The van der Waals surface area contributed by atoms with Crippen molar-refractivity contribution in [2.75, 3.05) is 5.33 Å². The average molecular weight is 245 g/mol. The van der Waals surface area contributed by atoms with Gasteiger partial charge in [0.25, 0.3) is 0 Å². The second-order valence-corrected chi connectivity index (χ2v) is 4.28. The van der Waals surface area contributed by atoms with Crippen molar-refractivity contribution in [2.45, 2.75) is 19.3 Å². The summed E-state index contributed by atoms with van der Waals surface area (Å²) in [6.07, 6.45) is 0. The minimum atomic E-state index is -0.0749. The number of halogens is 1. The first kappa shape index (κ1) is 10.4. The molecule has 0 aromatic heterocycles. The number of phenolic OH excluding ortho intramolecular Hbond substituents is 2. The van der Waals surface area contributed by atoms with Gasteiger partial charge in [0.15, 0.2) is 11.5 Å². The van der Waals surface area contributed by atoms with Gasteiger partial charge in [-0.25, -0.2) is 0 Å². The van der Waals surface area contributed by atoms with Gasteiger partial charge >= 0.3 is 0 Å². The predicted octanol–water partition coefficient (Wildman–Crippen LogP) is 2.77. The first-order valence-corrected chi connectivity index (χ1v) is 5.18. The zero-order valence-corrected chi connectivity index (χ0v) is 9.30. The van der Waals surface area contributed by atoms with E-state index in [1.54, 1.807) is 6.07 Å². The molecule has 0 fully saturated rings. The van der Waals surface area contributed by atoms with Gasteiger partial charge in [-0.15, -0.1) is 0 Å². The minimum absolute atomic E-state index is 0.0365. The molecule has 0 unspecified atom stereocenters. The normalized spacial score (nSPS) is 11.6. The third-order valence-corrected chi connectivity index (χ3v) is 3.49. The molecule has 0 spiro atoms. The topological polar surface area (TPSA) is 40.5 Å². The molecule has 2 nitrogen and oxygen atoms in total. The standard InChI is InChI=1S/C10H13BrO2/c1-10(2,6-11)7-3-4-8(12)9(13)5-7/h3-5,12-13H,6H2,1-2H3. The molecule has 3 heteroatoms. The van der Waals surface area contributed by atoms with Gasteiger partial charge in [0.05, 0.1) is 0 Å². The van der Waals surface area contributed by atoms with Gasteiger partial charge in [-0.1, -0.05) is 35.8 Å². The fraction of sp³-hybridized carbons (Fsp3) is 0.400. The molecule has 0 amide bonds. The number of hydrogen-bond acceptors (Lipinski definition) is 2. The van der Waals surface area contributed by atoms with E-state index in [4.69, 9.17) is 5.11 Å². The maximum atomic E-state index is 9.29. The fourth-order valence-electron chi connectivity index (χ4n) is 1.02. The van der Waals surface area contributed by atoms with E-state index in [0.29, 0.717) is 0 Å². The van der Waals surface area contributed by atoms with Crippen LogP contribution in [0.3, 0.4) is 0 Å². The lowest BCUT2D eigenvalue weighted by Crippen LogP contribution is -2.18. The molecule has 0 radical (unpaired) electrons. The van der Waals surface area contributed by atoms with Crippen molar-refractivity contribution in [3.05, 3.63) is 23.8 Å². The van der Waals surface area contributed by atoms with Gasteiger partial charge in [0.2, 0.25) is 0 Å². The fourth-order valence-corrected chi connectivity index (χ4v) is 1.35. The Labute approximate surface area is 86.3 Å². The van der Waals surface area contributed by atoms with Crippen LogP contribution in [-0.4, -0.2) is 15.5 Å². The average Bonchev–Trinajstić information content (AvgIpc) is 2.09. The zero-order valence-electron chi connectivity index (χ0n) is 7.71. The molecule has 13 heavy (non-hydrogen) atoms. The van der Waals surface area contributed by atoms with E-state index in [0.717, 1.165) is 10.9 Å². The molecule has 1 aromatic rings. The molecule has 0 bridgehead atoms. The Kier molecular flexibility index (Phi) is 2.86. The van der Waals surface area contributed by atoms with Crippen LogP contribution in [0.4, 0.5) is 0 Å². The molecular weight excluding hydrogens is 232 g/mol. The summed E-state index contributed by atoms with van der Waals surface area (Å²) >= 11 is 3.41. The summed E-state index contributed by atoms with van der Waals surface area (Å²) in [5, 5.41) is 19.2. The van der Waals surface area contributed by atoms with Crippen molar-refractivity contribution in [2.24, 2.45) is 0 Å². The first-order chi connectivity index (χ1) is 5.97. The molecule has 0 aliphatic rings. The van der Waals surface area contributed by atoms with Crippen LogP contribution >= 0.6 is 15.9 Å². The van der Waals surface area contributed by atoms with Crippen molar-refractivity contribution in [3.8, 4) is 11.5 Å². The Morgan fingerprint density at radius 1 is 1.23 bits per heavy atom. The molecular formula is C10H13BrO2. The molecule has 0 atom stereocenters. The van der Waals surface area contributed by atoms with Crippen LogP contribution in [0.25, 0.3) is 0 Å². The van der Waals surface area contributed by atoms with Crippen molar-refractivity contribution in [1.29, 1.82) is 0 Å². The highest BCUT2D eigenvalue weighted by Crippen LogP contribution is 2.32. The summed E-state index contributed by atoms with van der Waals surface area (Å²) in [5.74, 6) is -0.138. The monoisotopic (exact) mass is 244 g/mol. The quantitative estimate of drug-likeness (QED) is 0.621. The van der Waals surface area contributed by atoms with Crippen molar-refractivity contribution in [1.82, 2.24) is 0 Å². The van der Waals surface area contributed by atoms with E-state index in [1.165, 1.54) is 6.07 Å². The molecule has 0 heterocycles. The molecule has 0 saturated heterocycles. The second-order valence-electron chi connectivity index (χ2n) is 3.72. The summed E-state index contributed by atoms with van der Waals surface area (Å²) in [7, 11) is 0. The molecule has 2 N–H and O–H groups in total. The SMILES string of the molecule is CC(C)(CBr)c1ccc(O)c(O)c1. The molecule has 0 aliphatic carbocycles. The lowest BCUT2D eigenvalue weighted by molar-refractivity contribution is 0.401. The van der Waals surface area contributed by atoms with Crippen LogP contribution in [-0.2, 0) is 5.41 Å². The van der Waals surface area contributed by atoms with E-state index in [9.17, 15) is 5.11 Å². The van der Waals surface area contributed by atoms with E-state index in [2.05, 4.69) is 29.8 Å². The Hall–Kier alpha value is -0.700. The van der Waals surface area contributed by atoms with Crippen LogP contribution in [0.2, 0.25) is 0 Å². The third-order valence-electron chi connectivity index (χ3n) is 2.09. The molecule has 0 saturated carbocycles.